The normalized spacial score (nSPS) is 25.5. The van der Waals surface area contributed by atoms with Crippen LogP contribution < -0.4 is 5.32 Å². The van der Waals surface area contributed by atoms with Crippen molar-refractivity contribution in [1.82, 2.24) is 4.90 Å². The van der Waals surface area contributed by atoms with Gasteiger partial charge in [-0.25, -0.2) is 0 Å². The highest BCUT2D eigenvalue weighted by Crippen LogP contribution is 2.39. The summed E-state index contributed by atoms with van der Waals surface area (Å²) in [6, 6.07) is 14.9. The van der Waals surface area contributed by atoms with Crippen molar-refractivity contribution in [3.63, 3.8) is 0 Å². The van der Waals surface area contributed by atoms with Crippen LogP contribution in [0.1, 0.15) is 48.3 Å². The monoisotopic (exact) mass is 542 g/mol. The molecule has 0 aromatic heterocycles. The number of likely N-dealkylation sites (tertiary alicyclic amines) is 1. The number of carbonyl (C=O) groups is 1. The standard InChI is InChI=1S/C25H29Cl3N2O5/c26-25(27,28)24(33)29-19-9-7-18(8-10-19)23-34-21(13-30-11-1-2-20(30)15-32)12-22(35-23)17-5-3-16(14-31)4-6-17/h3-10,20-23,31-32H,1-2,11-15H2,(H,29,33). The third-order valence-electron chi connectivity index (χ3n) is 6.46. The van der Waals surface area contributed by atoms with Gasteiger partial charge in [0.25, 0.3) is 9.70 Å². The number of anilines is 1. The molecule has 2 aliphatic heterocycles. The fraction of sp³-hybridized carbons (Fsp3) is 0.480. The number of hydrogen-bond acceptors (Lipinski definition) is 6. The molecule has 4 atom stereocenters. The quantitative estimate of drug-likeness (QED) is 0.446. The fourth-order valence-electron chi connectivity index (χ4n) is 4.56. The van der Waals surface area contributed by atoms with Gasteiger partial charge in [0.1, 0.15) is 0 Å². The second-order valence-electron chi connectivity index (χ2n) is 8.90. The lowest BCUT2D eigenvalue weighted by molar-refractivity contribution is -0.253. The van der Waals surface area contributed by atoms with Gasteiger partial charge in [-0.05, 0) is 42.6 Å². The number of benzene rings is 2. The summed E-state index contributed by atoms with van der Waals surface area (Å²) < 4.78 is 10.7. The maximum absolute atomic E-state index is 11.9. The van der Waals surface area contributed by atoms with Crippen molar-refractivity contribution in [2.75, 3.05) is 25.0 Å². The van der Waals surface area contributed by atoms with E-state index in [-0.39, 0.29) is 31.5 Å². The number of carbonyl (C=O) groups excluding carboxylic acids is 1. The van der Waals surface area contributed by atoms with E-state index in [0.29, 0.717) is 18.7 Å². The smallest absolute Gasteiger partial charge is 0.276 e. The van der Waals surface area contributed by atoms with Gasteiger partial charge in [-0.15, -0.1) is 0 Å². The van der Waals surface area contributed by atoms with E-state index in [9.17, 15) is 15.0 Å². The molecule has 0 radical (unpaired) electrons. The zero-order chi connectivity index (χ0) is 25.0. The Hall–Kier alpha value is -1.42. The lowest BCUT2D eigenvalue weighted by Gasteiger charge is -2.38. The summed E-state index contributed by atoms with van der Waals surface area (Å²) in [7, 11) is 0. The van der Waals surface area contributed by atoms with E-state index in [2.05, 4.69) is 10.2 Å². The molecule has 2 saturated heterocycles. The average Bonchev–Trinajstić information content (AvgIpc) is 3.30. The summed E-state index contributed by atoms with van der Waals surface area (Å²) in [5.41, 5.74) is 3.12. The Labute approximate surface area is 219 Å². The summed E-state index contributed by atoms with van der Waals surface area (Å²) in [5, 5.41) is 21.7. The molecular weight excluding hydrogens is 515 g/mol. The third kappa shape index (κ3) is 6.87. The highest BCUT2D eigenvalue weighted by Gasteiger charge is 2.35. The number of rotatable bonds is 7. The third-order valence-corrected chi connectivity index (χ3v) is 6.98. The number of ether oxygens (including phenoxy) is 2. The Balaban J connectivity index is 1.52. The summed E-state index contributed by atoms with van der Waals surface area (Å²) in [6.45, 7) is 1.76. The molecule has 4 unspecified atom stereocenters. The molecular formula is C25H29Cl3N2O5. The fourth-order valence-corrected chi connectivity index (χ4v) is 4.70. The van der Waals surface area contributed by atoms with Crippen molar-refractivity contribution in [2.45, 2.75) is 54.2 Å². The van der Waals surface area contributed by atoms with Crippen LogP contribution in [0.3, 0.4) is 0 Å². The highest BCUT2D eigenvalue weighted by molar-refractivity contribution is 6.76. The van der Waals surface area contributed by atoms with Crippen LogP contribution in [-0.2, 0) is 20.9 Å². The Kier molecular flexibility index (Phi) is 8.94. The van der Waals surface area contributed by atoms with Gasteiger partial charge in [0.05, 0.1) is 25.4 Å². The van der Waals surface area contributed by atoms with Crippen LogP contribution in [0.2, 0.25) is 0 Å². The number of hydrogen-bond donors (Lipinski definition) is 3. The number of halogens is 3. The number of amides is 1. The van der Waals surface area contributed by atoms with E-state index in [1.807, 2.05) is 24.3 Å². The second-order valence-corrected chi connectivity index (χ2v) is 11.2. The van der Waals surface area contributed by atoms with Gasteiger partial charge < -0.3 is 25.0 Å². The van der Waals surface area contributed by atoms with Gasteiger partial charge in [-0.2, -0.15) is 0 Å². The molecule has 4 rings (SSSR count). The first-order valence-electron chi connectivity index (χ1n) is 11.6. The summed E-state index contributed by atoms with van der Waals surface area (Å²) in [5.74, 6) is -0.740. The average molecular weight is 544 g/mol. The zero-order valence-electron chi connectivity index (χ0n) is 19.1. The van der Waals surface area contributed by atoms with Crippen LogP contribution in [0.15, 0.2) is 48.5 Å². The van der Waals surface area contributed by atoms with Gasteiger partial charge in [0.15, 0.2) is 6.29 Å². The predicted molar refractivity (Wildman–Crippen MR) is 135 cm³/mol. The van der Waals surface area contributed by atoms with E-state index in [1.165, 1.54) is 0 Å². The number of aliphatic hydroxyl groups is 2. The maximum Gasteiger partial charge on any atom is 0.276 e. The predicted octanol–water partition coefficient (Wildman–Crippen LogP) is 4.49. The minimum Gasteiger partial charge on any atom is -0.395 e. The molecule has 0 spiro atoms. The van der Waals surface area contributed by atoms with E-state index in [4.69, 9.17) is 44.3 Å². The van der Waals surface area contributed by atoms with Gasteiger partial charge >= 0.3 is 0 Å². The first-order chi connectivity index (χ1) is 16.8. The molecule has 0 aliphatic carbocycles. The molecule has 2 heterocycles. The molecule has 0 bridgehead atoms. The van der Waals surface area contributed by atoms with Crippen LogP contribution in [0, 0.1) is 0 Å². The number of nitrogens with zero attached hydrogens (tertiary/aromatic N) is 1. The van der Waals surface area contributed by atoms with Crippen LogP contribution in [0.25, 0.3) is 0 Å². The molecule has 35 heavy (non-hydrogen) atoms. The van der Waals surface area contributed by atoms with Crippen LogP contribution in [0.5, 0.6) is 0 Å². The van der Waals surface area contributed by atoms with Crippen molar-refractivity contribution in [3.05, 3.63) is 65.2 Å². The molecule has 2 aromatic rings. The topological polar surface area (TPSA) is 91.3 Å². The Morgan fingerprint density at radius 3 is 2.34 bits per heavy atom. The second kappa shape index (κ2) is 11.8. The van der Waals surface area contributed by atoms with Gasteiger partial charge in [0, 0.05) is 30.3 Å². The molecule has 1 amide bonds. The SMILES string of the molecule is O=C(Nc1ccc(C2OC(CN3CCCC3CO)CC(c3ccc(CO)cc3)O2)cc1)C(Cl)(Cl)Cl. The maximum atomic E-state index is 11.9. The summed E-state index contributed by atoms with van der Waals surface area (Å²) >= 11 is 16.9. The van der Waals surface area contributed by atoms with Gasteiger partial charge in [-0.1, -0.05) is 71.2 Å². The molecule has 2 fully saturated rings. The first-order valence-corrected chi connectivity index (χ1v) is 12.7. The first kappa shape index (κ1) is 26.6. The molecule has 0 saturated carbocycles. The van der Waals surface area contributed by atoms with Gasteiger partial charge in [0.2, 0.25) is 0 Å². The molecule has 190 valence electrons. The van der Waals surface area contributed by atoms with Crippen LogP contribution in [-0.4, -0.2) is 56.7 Å². The van der Waals surface area contributed by atoms with Crippen molar-refractivity contribution in [2.24, 2.45) is 0 Å². The molecule has 7 nitrogen and oxygen atoms in total. The molecule has 2 aliphatic rings. The Morgan fingerprint density at radius 2 is 1.71 bits per heavy atom. The minimum absolute atomic E-state index is 0.0150. The number of nitrogens with one attached hydrogen (secondary N) is 1. The summed E-state index contributed by atoms with van der Waals surface area (Å²) in [4.78, 5) is 14.2. The minimum atomic E-state index is -2.05. The van der Waals surface area contributed by atoms with Crippen LogP contribution >= 0.6 is 34.8 Å². The lowest BCUT2D eigenvalue weighted by Crippen LogP contribution is -2.42. The number of alkyl halides is 3. The van der Waals surface area contributed by atoms with Crippen molar-refractivity contribution in [3.8, 4) is 0 Å². The van der Waals surface area contributed by atoms with E-state index >= 15 is 0 Å². The van der Waals surface area contributed by atoms with Crippen molar-refractivity contribution < 1.29 is 24.5 Å². The highest BCUT2D eigenvalue weighted by atomic mass is 35.6. The largest absolute Gasteiger partial charge is 0.395 e. The zero-order valence-corrected chi connectivity index (χ0v) is 21.3. The summed E-state index contributed by atoms with van der Waals surface area (Å²) in [6.07, 6.45) is 1.78. The van der Waals surface area contributed by atoms with E-state index in [0.717, 1.165) is 36.1 Å². The van der Waals surface area contributed by atoms with Crippen molar-refractivity contribution in [1.29, 1.82) is 0 Å². The van der Waals surface area contributed by atoms with E-state index in [1.54, 1.807) is 24.3 Å². The molecule has 2 aromatic carbocycles. The molecule has 10 heteroatoms. The van der Waals surface area contributed by atoms with E-state index < -0.39 is 16.0 Å². The van der Waals surface area contributed by atoms with Crippen molar-refractivity contribution >= 4 is 46.4 Å². The lowest BCUT2D eigenvalue weighted by atomic mass is 9.99. The number of aliphatic hydroxyl groups excluding tert-OH is 2. The van der Waals surface area contributed by atoms with Crippen LogP contribution in [0.4, 0.5) is 5.69 Å². The van der Waals surface area contributed by atoms with Gasteiger partial charge in [-0.3, -0.25) is 9.69 Å². The Morgan fingerprint density at radius 1 is 1.03 bits per heavy atom. The molecule has 3 N–H and O–H groups in total. The Bertz CT molecular complexity index is 984.